The number of hydrogen-bond donors (Lipinski definition) is 0. The summed E-state index contributed by atoms with van der Waals surface area (Å²) < 4.78 is 34.5. The van der Waals surface area contributed by atoms with Crippen molar-refractivity contribution in [2.75, 3.05) is 54.1 Å². The van der Waals surface area contributed by atoms with Crippen molar-refractivity contribution < 1.29 is 37.3 Å². The van der Waals surface area contributed by atoms with E-state index >= 15 is 0 Å². The van der Waals surface area contributed by atoms with E-state index in [0.29, 0.717) is 24.1 Å². The molecule has 0 heterocycles. The lowest BCUT2D eigenvalue weighted by Crippen LogP contribution is -2.37. The summed E-state index contributed by atoms with van der Waals surface area (Å²) in [6.45, 7) is 5.36. The predicted octanol–water partition coefficient (Wildman–Crippen LogP) is 11.8. The minimum atomic E-state index is -4.52. The zero-order valence-electron chi connectivity index (χ0n) is 34.8. The smallest absolute Gasteiger partial charge is 0.306 e. The predicted molar refractivity (Wildman–Crippen MR) is 217 cm³/mol. The highest BCUT2D eigenvalue weighted by Crippen LogP contribution is 2.38. The minimum absolute atomic E-state index is 0.0249. The van der Waals surface area contributed by atoms with Crippen molar-refractivity contribution in [1.82, 2.24) is 0 Å². The third-order valence-electron chi connectivity index (χ3n) is 9.23. The Bertz CT molecular complexity index is 889. The average molecular weight is 758 g/mol. The second-order valence-corrected chi connectivity index (χ2v) is 17.1. The van der Waals surface area contributed by atoms with Crippen LogP contribution in [-0.4, -0.2) is 70.7 Å². The van der Waals surface area contributed by atoms with E-state index < -0.39 is 13.9 Å². The highest BCUT2D eigenvalue weighted by molar-refractivity contribution is 7.45. The van der Waals surface area contributed by atoms with Crippen molar-refractivity contribution >= 4 is 13.8 Å². The van der Waals surface area contributed by atoms with E-state index in [1.165, 1.54) is 122 Å². The first-order valence-corrected chi connectivity index (χ1v) is 23.0. The number of esters is 1. The van der Waals surface area contributed by atoms with Crippen molar-refractivity contribution in [3.8, 4) is 0 Å². The molecule has 0 aliphatic carbocycles. The molecule has 0 aromatic rings. The molecular formula is C43H84NO7P. The minimum Gasteiger partial charge on any atom is -0.756 e. The maximum Gasteiger partial charge on any atom is 0.306 e. The second-order valence-electron chi connectivity index (χ2n) is 15.7. The summed E-state index contributed by atoms with van der Waals surface area (Å²) in [7, 11) is 1.35. The van der Waals surface area contributed by atoms with Crippen molar-refractivity contribution in [2.45, 2.75) is 193 Å². The SMILES string of the molecule is CCCC/C=C\CCCCCCCC(=O)OC(COCCCCCCCCCC/C=C\CCCCCCCCC)COP(=O)([O-])OCC[N+](C)(C)C. The van der Waals surface area contributed by atoms with Crippen molar-refractivity contribution in [3.63, 3.8) is 0 Å². The molecule has 0 N–H and O–H groups in total. The van der Waals surface area contributed by atoms with Gasteiger partial charge in [0.1, 0.15) is 19.3 Å². The van der Waals surface area contributed by atoms with Gasteiger partial charge in [-0.3, -0.25) is 9.36 Å². The topological polar surface area (TPSA) is 94.1 Å². The lowest BCUT2D eigenvalue weighted by molar-refractivity contribution is -0.870. The monoisotopic (exact) mass is 758 g/mol. The van der Waals surface area contributed by atoms with Crippen LogP contribution in [0.1, 0.15) is 187 Å². The average Bonchev–Trinajstić information content (AvgIpc) is 3.09. The molecule has 0 fully saturated rings. The van der Waals surface area contributed by atoms with Crippen LogP contribution in [0.15, 0.2) is 24.3 Å². The Labute approximate surface area is 322 Å². The first kappa shape index (κ1) is 51.0. The van der Waals surface area contributed by atoms with Crippen LogP contribution in [0.3, 0.4) is 0 Å². The van der Waals surface area contributed by atoms with Crippen LogP contribution in [0, 0.1) is 0 Å². The number of quaternary nitrogens is 1. The normalized spacial score (nSPS) is 14.0. The molecule has 0 saturated heterocycles. The molecule has 0 rings (SSSR count). The highest BCUT2D eigenvalue weighted by atomic mass is 31.2. The van der Waals surface area contributed by atoms with Gasteiger partial charge in [0.05, 0.1) is 34.4 Å². The van der Waals surface area contributed by atoms with E-state index in [1.54, 1.807) is 0 Å². The van der Waals surface area contributed by atoms with Crippen LogP contribution in [0.5, 0.6) is 0 Å². The number of carbonyl (C=O) groups excluding carboxylic acids is 1. The summed E-state index contributed by atoms with van der Waals surface area (Å²) >= 11 is 0. The standard InChI is InChI=1S/C43H84NO7P/c1-6-8-10-12-14-16-18-19-20-21-22-23-24-25-27-29-31-33-35-38-48-40-42(41-50-52(46,47)49-39-37-44(3,4)5)51-43(45)36-34-32-30-28-26-17-15-13-11-9-7-2/h13,15,20-21,42H,6-12,14,16-19,22-41H2,1-5H3/b15-13-,21-20-. The number of phosphoric ester groups is 1. The number of likely N-dealkylation sites (N-methyl/N-ethyl adjacent to an activating group) is 1. The molecule has 0 amide bonds. The largest absolute Gasteiger partial charge is 0.756 e. The molecule has 8 nitrogen and oxygen atoms in total. The second kappa shape index (κ2) is 36.9. The number of allylic oxidation sites excluding steroid dienone is 4. The summed E-state index contributed by atoms with van der Waals surface area (Å²) in [5, 5.41) is 0. The lowest BCUT2D eigenvalue weighted by atomic mass is 10.1. The zero-order chi connectivity index (χ0) is 38.4. The Kier molecular flexibility index (Phi) is 36.2. The van der Waals surface area contributed by atoms with Crippen LogP contribution in [-0.2, 0) is 27.9 Å². The van der Waals surface area contributed by atoms with Crippen LogP contribution in [0.2, 0.25) is 0 Å². The van der Waals surface area contributed by atoms with Crippen LogP contribution >= 0.6 is 7.82 Å². The van der Waals surface area contributed by atoms with E-state index in [-0.39, 0.29) is 25.8 Å². The molecule has 0 aromatic heterocycles. The van der Waals surface area contributed by atoms with Gasteiger partial charge in [0.2, 0.25) is 0 Å². The van der Waals surface area contributed by atoms with E-state index in [0.717, 1.165) is 44.9 Å². The summed E-state index contributed by atoms with van der Waals surface area (Å²) in [6, 6.07) is 0. The van der Waals surface area contributed by atoms with Gasteiger partial charge in [0, 0.05) is 13.0 Å². The van der Waals surface area contributed by atoms with Gasteiger partial charge in [-0.15, -0.1) is 0 Å². The fraction of sp³-hybridized carbons (Fsp3) is 0.884. The first-order chi connectivity index (χ1) is 25.1. The summed E-state index contributed by atoms with van der Waals surface area (Å²) in [4.78, 5) is 25.0. The van der Waals surface area contributed by atoms with Gasteiger partial charge in [0.15, 0.2) is 0 Å². The van der Waals surface area contributed by atoms with Crippen molar-refractivity contribution in [3.05, 3.63) is 24.3 Å². The molecule has 0 spiro atoms. The van der Waals surface area contributed by atoms with Gasteiger partial charge in [-0.1, -0.05) is 147 Å². The quantitative estimate of drug-likeness (QED) is 0.0202. The molecule has 0 aromatic carbocycles. The van der Waals surface area contributed by atoms with E-state index in [2.05, 4.69) is 38.2 Å². The molecule has 0 saturated carbocycles. The molecule has 0 aliphatic heterocycles. The van der Waals surface area contributed by atoms with E-state index in [9.17, 15) is 14.3 Å². The van der Waals surface area contributed by atoms with Gasteiger partial charge < -0.3 is 27.9 Å². The molecule has 9 heteroatoms. The number of ether oxygens (including phenoxy) is 2. The number of rotatable bonds is 40. The van der Waals surface area contributed by atoms with Crippen LogP contribution in [0.25, 0.3) is 0 Å². The van der Waals surface area contributed by atoms with Gasteiger partial charge in [0.25, 0.3) is 7.82 Å². The molecule has 52 heavy (non-hydrogen) atoms. The van der Waals surface area contributed by atoms with Gasteiger partial charge in [-0.05, 0) is 57.8 Å². The Hall–Kier alpha value is -1.02. The molecule has 2 unspecified atom stereocenters. The molecule has 0 radical (unpaired) electrons. The summed E-state index contributed by atoms with van der Waals surface area (Å²) in [5.41, 5.74) is 0. The maximum absolute atomic E-state index is 12.6. The fourth-order valence-electron chi connectivity index (χ4n) is 5.82. The van der Waals surface area contributed by atoms with E-state index in [1.807, 2.05) is 21.1 Å². The third-order valence-corrected chi connectivity index (χ3v) is 10.2. The molecule has 0 aliphatic rings. The molecule has 0 bridgehead atoms. The summed E-state index contributed by atoms with van der Waals surface area (Å²) in [5.74, 6) is -0.345. The van der Waals surface area contributed by atoms with Gasteiger partial charge in [-0.25, -0.2) is 0 Å². The molecule has 308 valence electrons. The van der Waals surface area contributed by atoms with Crippen LogP contribution < -0.4 is 4.89 Å². The number of nitrogens with zero attached hydrogens (tertiary/aromatic N) is 1. The van der Waals surface area contributed by atoms with E-state index in [4.69, 9.17) is 18.5 Å². The van der Waals surface area contributed by atoms with Crippen LogP contribution in [0.4, 0.5) is 0 Å². The fourth-order valence-corrected chi connectivity index (χ4v) is 6.54. The van der Waals surface area contributed by atoms with Gasteiger partial charge >= 0.3 is 5.97 Å². The summed E-state index contributed by atoms with van der Waals surface area (Å²) in [6.07, 6.45) is 40.5. The Morgan fingerprint density at radius 3 is 1.52 bits per heavy atom. The molecular weight excluding hydrogens is 673 g/mol. The number of phosphoric acid groups is 1. The molecule has 2 atom stereocenters. The zero-order valence-corrected chi connectivity index (χ0v) is 35.7. The van der Waals surface area contributed by atoms with Gasteiger partial charge in [-0.2, -0.15) is 0 Å². The van der Waals surface area contributed by atoms with Crippen molar-refractivity contribution in [2.24, 2.45) is 0 Å². The number of unbranched alkanes of at least 4 members (excludes halogenated alkanes) is 22. The highest BCUT2D eigenvalue weighted by Gasteiger charge is 2.20. The Morgan fingerprint density at radius 2 is 1.02 bits per heavy atom. The third kappa shape index (κ3) is 40.2. The Morgan fingerprint density at radius 1 is 0.577 bits per heavy atom. The number of carbonyl (C=O) groups is 1. The Balaban J connectivity index is 4.18. The maximum atomic E-state index is 12.6. The van der Waals surface area contributed by atoms with Crippen molar-refractivity contribution in [1.29, 1.82) is 0 Å². The first-order valence-electron chi connectivity index (χ1n) is 21.6. The number of hydrogen-bond acceptors (Lipinski definition) is 7. The lowest BCUT2D eigenvalue weighted by Gasteiger charge is -2.28.